The number of benzene rings is 4. The van der Waals surface area contributed by atoms with Crippen LogP contribution in [0.25, 0.3) is 0 Å². The van der Waals surface area contributed by atoms with Gasteiger partial charge in [-0.2, -0.15) is 0 Å². The molecule has 0 aromatic heterocycles. The van der Waals surface area contributed by atoms with Gasteiger partial charge in [0.05, 0.1) is 0 Å². The molecule has 61 heavy (non-hydrogen) atoms. The molecule has 4 aromatic rings. The van der Waals surface area contributed by atoms with Gasteiger partial charge in [-0.3, -0.25) is 0 Å². The van der Waals surface area contributed by atoms with E-state index in [1.54, 1.807) is 24.3 Å². The van der Waals surface area contributed by atoms with Gasteiger partial charge in [-0.15, -0.1) is 23.0 Å². The maximum atomic E-state index is 11.7. The molecule has 0 aliphatic heterocycles. The number of hydrogen-bond acceptors (Lipinski definition) is 4. The molecule has 4 rings (SSSR count). The van der Waals surface area contributed by atoms with Crippen molar-refractivity contribution in [1.29, 1.82) is 0 Å². The predicted octanol–water partition coefficient (Wildman–Crippen LogP) is 13.4. The zero-order valence-corrected chi connectivity index (χ0v) is 44.6. The van der Waals surface area contributed by atoms with Crippen molar-refractivity contribution in [3.8, 4) is 23.0 Å². The monoisotopic (exact) mass is 869 g/mol. The first-order valence-corrected chi connectivity index (χ1v) is 21.8. The van der Waals surface area contributed by atoms with E-state index in [4.69, 9.17) is 0 Å². The molecule has 0 aliphatic carbocycles. The van der Waals surface area contributed by atoms with Crippen molar-refractivity contribution in [3.05, 3.63) is 117 Å². The second kappa shape index (κ2) is 20.5. The summed E-state index contributed by atoms with van der Waals surface area (Å²) < 4.78 is 0. The molecule has 4 nitrogen and oxygen atoms in total. The van der Waals surface area contributed by atoms with Crippen LogP contribution in [0.2, 0.25) is 0 Å². The minimum absolute atomic E-state index is 0. The van der Waals surface area contributed by atoms with E-state index in [0.717, 1.165) is 22.3 Å². The van der Waals surface area contributed by atoms with E-state index in [1.165, 1.54) is 22.3 Å². The van der Waals surface area contributed by atoms with E-state index in [1.807, 2.05) is 24.3 Å². The molecule has 0 unspecified atom stereocenters. The summed E-state index contributed by atoms with van der Waals surface area (Å²) >= 11 is 0. The Labute approximate surface area is 389 Å². The van der Waals surface area contributed by atoms with Crippen LogP contribution in [0.15, 0.2) is 72.8 Å². The Balaban J connectivity index is 0.000000783. The fourth-order valence-corrected chi connectivity index (χ4v) is 6.33. The first-order valence-electron chi connectivity index (χ1n) is 21.8. The first kappa shape index (κ1) is 57.8. The van der Waals surface area contributed by atoms with E-state index in [9.17, 15) is 20.4 Å². The van der Waals surface area contributed by atoms with Crippen LogP contribution < -0.4 is 20.4 Å². The van der Waals surface area contributed by atoms with E-state index >= 15 is 0 Å². The molecule has 336 valence electrons. The molecule has 0 N–H and O–H groups in total. The topological polar surface area (TPSA) is 92.2 Å². The van der Waals surface area contributed by atoms with Gasteiger partial charge in [0.1, 0.15) is 0 Å². The Morgan fingerprint density at radius 1 is 0.230 bits per heavy atom. The third-order valence-corrected chi connectivity index (χ3v) is 10.6. The van der Waals surface area contributed by atoms with Crippen LogP contribution in [0.5, 0.6) is 23.0 Å². The molecular weight excluding hydrogens is 784 g/mol. The molecular formula is C56H84O4Ti. The van der Waals surface area contributed by atoms with Crippen molar-refractivity contribution in [3.63, 3.8) is 0 Å². The largest absolute Gasteiger partial charge is 4.00 e. The van der Waals surface area contributed by atoms with Gasteiger partial charge >= 0.3 is 21.7 Å². The summed E-state index contributed by atoms with van der Waals surface area (Å²) in [5, 5.41) is 47.0. The van der Waals surface area contributed by atoms with Crippen LogP contribution in [0, 0.1) is 0 Å². The summed E-state index contributed by atoms with van der Waals surface area (Å²) in [5.74, 6) is 0.594. The molecule has 0 spiro atoms. The van der Waals surface area contributed by atoms with Gasteiger partial charge in [-0.1, -0.05) is 261 Å². The average Bonchev–Trinajstić information content (AvgIpc) is 3.02. The molecule has 0 radical (unpaired) electrons. The fraction of sp³-hybridized carbons (Fsp3) is 0.571. The third kappa shape index (κ3) is 18.2. The average molecular weight is 869 g/mol. The summed E-state index contributed by atoms with van der Waals surface area (Å²) in [6, 6.07) is 22.8. The minimum Gasteiger partial charge on any atom is -0.872 e. The zero-order valence-electron chi connectivity index (χ0n) is 43.1. The maximum absolute atomic E-state index is 11.7. The van der Waals surface area contributed by atoms with Gasteiger partial charge in [-0.05, 0) is 65.6 Å². The van der Waals surface area contributed by atoms with Crippen molar-refractivity contribution >= 4 is 0 Å². The second-order valence-corrected chi connectivity index (χ2v) is 24.8. The van der Waals surface area contributed by atoms with Crippen molar-refractivity contribution < 1.29 is 42.1 Å². The van der Waals surface area contributed by atoms with Gasteiger partial charge in [0, 0.05) is 0 Å². The zero-order chi connectivity index (χ0) is 47.4. The Bertz CT molecular complexity index is 1700. The summed E-state index contributed by atoms with van der Waals surface area (Å²) in [5.41, 5.74) is 8.70. The van der Waals surface area contributed by atoms with Crippen LogP contribution in [0.3, 0.4) is 0 Å². The second-order valence-electron chi connectivity index (χ2n) is 24.8. The Morgan fingerprint density at radius 2 is 0.361 bits per heavy atom. The van der Waals surface area contributed by atoms with Crippen molar-refractivity contribution in [1.82, 2.24) is 0 Å². The standard InChI is InChI=1S/4C14H22O.Ti/c4*1-13(2,3)10-7-8-12(15)11(9-10)14(4,5)6;/h4*7-9,15H,1-6H3;/q;;;;+4/p-4. The summed E-state index contributed by atoms with van der Waals surface area (Å²) in [7, 11) is 0. The summed E-state index contributed by atoms with van der Waals surface area (Å²) in [6.07, 6.45) is 0. The quantitative estimate of drug-likeness (QED) is 0.165. The van der Waals surface area contributed by atoms with E-state index < -0.39 is 0 Å². The SMILES string of the molecule is CC(C)(C)c1ccc([O-])c(C(C)(C)C)c1.CC(C)(C)c1ccc([O-])c(C(C)(C)C)c1.CC(C)(C)c1ccc([O-])c(C(C)(C)C)c1.CC(C)(C)c1ccc([O-])c(C(C)(C)C)c1.[Ti+4]. The first-order chi connectivity index (χ1) is 26.5. The Kier molecular flexibility index (Phi) is 19.5. The fourth-order valence-electron chi connectivity index (χ4n) is 6.33. The van der Waals surface area contributed by atoms with Crippen LogP contribution in [-0.4, -0.2) is 0 Å². The van der Waals surface area contributed by atoms with Crippen molar-refractivity contribution in [2.24, 2.45) is 0 Å². The van der Waals surface area contributed by atoms with Crippen LogP contribution >= 0.6 is 0 Å². The van der Waals surface area contributed by atoms with E-state index in [-0.39, 0.29) is 88.0 Å². The maximum Gasteiger partial charge on any atom is 4.00 e. The minimum atomic E-state index is -0.0711. The molecule has 0 heterocycles. The molecule has 4 aromatic carbocycles. The van der Waals surface area contributed by atoms with Gasteiger partial charge in [-0.25, -0.2) is 0 Å². The molecule has 0 saturated heterocycles. The van der Waals surface area contributed by atoms with E-state index in [2.05, 4.69) is 190 Å². The van der Waals surface area contributed by atoms with Gasteiger partial charge < -0.3 is 20.4 Å². The van der Waals surface area contributed by atoms with E-state index in [0.29, 0.717) is 0 Å². The molecule has 0 atom stereocenters. The smallest absolute Gasteiger partial charge is 0.872 e. The Morgan fingerprint density at radius 3 is 0.459 bits per heavy atom. The van der Waals surface area contributed by atoms with Gasteiger partial charge in [0.15, 0.2) is 0 Å². The normalized spacial score (nSPS) is 12.7. The predicted molar refractivity (Wildman–Crippen MR) is 253 cm³/mol. The van der Waals surface area contributed by atoms with Crippen LogP contribution in [-0.2, 0) is 65.0 Å². The van der Waals surface area contributed by atoms with Crippen molar-refractivity contribution in [2.45, 2.75) is 209 Å². The molecule has 0 aliphatic rings. The van der Waals surface area contributed by atoms with Crippen molar-refractivity contribution in [2.75, 3.05) is 0 Å². The molecule has 5 heteroatoms. The Hall–Kier alpha value is -3.21. The molecule has 0 fully saturated rings. The van der Waals surface area contributed by atoms with Gasteiger partial charge in [0.25, 0.3) is 0 Å². The van der Waals surface area contributed by atoms with Crippen LogP contribution in [0.1, 0.15) is 211 Å². The summed E-state index contributed by atoms with van der Waals surface area (Å²) in [4.78, 5) is 0. The number of hydrogen-bond donors (Lipinski definition) is 0. The van der Waals surface area contributed by atoms with Crippen LogP contribution in [0.4, 0.5) is 0 Å². The summed E-state index contributed by atoms with van der Waals surface area (Å²) in [6.45, 7) is 50.9. The molecule has 0 saturated carbocycles. The number of rotatable bonds is 0. The third-order valence-electron chi connectivity index (χ3n) is 10.6. The van der Waals surface area contributed by atoms with Gasteiger partial charge in [0.2, 0.25) is 0 Å². The molecule has 0 bridgehead atoms. The molecule has 0 amide bonds.